The molecule has 0 radical (unpaired) electrons. The van der Waals surface area contributed by atoms with Crippen molar-refractivity contribution in [2.24, 2.45) is 11.0 Å². The number of nitrogens with zero attached hydrogens (tertiary/aromatic N) is 4. The van der Waals surface area contributed by atoms with E-state index in [1.807, 2.05) is 30.3 Å². The van der Waals surface area contributed by atoms with Crippen LogP contribution in [0.5, 0.6) is 0 Å². The van der Waals surface area contributed by atoms with E-state index in [2.05, 4.69) is 16.1 Å². The van der Waals surface area contributed by atoms with E-state index in [0.29, 0.717) is 19.3 Å². The van der Waals surface area contributed by atoms with Crippen molar-refractivity contribution in [1.29, 1.82) is 10.8 Å². The second kappa shape index (κ2) is 8.06. The molecular weight excluding hydrogens is 294 g/mol. The number of carbonyl (C=O) groups excluding carboxylic acids is 1. The third kappa shape index (κ3) is 4.38. The first-order valence-corrected chi connectivity index (χ1v) is 7.60. The van der Waals surface area contributed by atoms with Crippen LogP contribution in [0.25, 0.3) is 0 Å². The zero-order valence-corrected chi connectivity index (χ0v) is 12.8. The van der Waals surface area contributed by atoms with Gasteiger partial charge in [0.1, 0.15) is 22.8 Å². The van der Waals surface area contributed by atoms with E-state index in [-0.39, 0.29) is 24.5 Å². The molecule has 1 aliphatic carbocycles. The smallest absolute Gasteiger partial charge is 0.214 e. The van der Waals surface area contributed by atoms with Gasteiger partial charge in [-0.1, -0.05) is 30.3 Å². The third-order valence-corrected chi connectivity index (χ3v) is 4.33. The average molecular weight is 313 g/mol. The Morgan fingerprint density at radius 3 is 2.78 bits per heavy atom. The van der Waals surface area contributed by atoms with Crippen molar-refractivity contribution in [3.63, 3.8) is 0 Å². The lowest BCUT2D eigenvalue weighted by molar-refractivity contribution is -0.270. The van der Waals surface area contributed by atoms with E-state index in [1.165, 1.54) is 4.90 Å². The first kappa shape index (κ1) is 16.7. The van der Waals surface area contributed by atoms with E-state index < -0.39 is 6.09 Å². The minimum atomic E-state index is -1.25. The normalized spacial score (nSPS) is 23.3. The van der Waals surface area contributed by atoms with Gasteiger partial charge in [0, 0.05) is 19.0 Å². The maximum absolute atomic E-state index is 11.7. The summed E-state index contributed by atoms with van der Waals surface area (Å²) in [4.78, 5) is 16.0. The minimum Gasteiger partial charge on any atom is -0.530 e. The van der Waals surface area contributed by atoms with Crippen molar-refractivity contribution in [3.05, 3.63) is 35.9 Å². The number of nitrogens with one attached hydrogen (secondary N) is 1. The largest absolute Gasteiger partial charge is 0.530 e. The fourth-order valence-electron chi connectivity index (χ4n) is 3.21. The van der Waals surface area contributed by atoms with Gasteiger partial charge in [-0.2, -0.15) is 5.26 Å². The molecule has 1 fully saturated rings. The van der Waals surface area contributed by atoms with Crippen LogP contribution in [0.15, 0.2) is 35.4 Å². The van der Waals surface area contributed by atoms with Gasteiger partial charge in [-0.25, -0.2) is 0 Å². The number of rotatable bonds is 5. The summed E-state index contributed by atoms with van der Waals surface area (Å²) in [5, 5.41) is 24.5. The molecule has 0 aliphatic heterocycles. The Morgan fingerprint density at radius 1 is 1.43 bits per heavy atom. The molecule has 0 bridgehead atoms. The van der Waals surface area contributed by atoms with Gasteiger partial charge in [0.25, 0.3) is 0 Å². The summed E-state index contributed by atoms with van der Waals surface area (Å²) in [6.07, 6.45) is 0.937. The highest BCUT2D eigenvalue weighted by molar-refractivity contribution is 5.63. The van der Waals surface area contributed by atoms with Crippen LogP contribution in [0.1, 0.15) is 31.2 Å². The highest BCUT2D eigenvalue weighted by Gasteiger charge is 2.36. The van der Waals surface area contributed by atoms with Gasteiger partial charge in [0.15, 0.2) is 0 Å². The molecule has 1 aromatic carbocycles. The fourth-order valence-corrected chi connectivity index (χ4v) is 3.21. The lowest BCUT2D eigenvalue weighted by atomic mass is 9.79. The molecule has 0 unspecified atom stereocenters. The zero-order chi connectivity index (χ0) is 16.7. The molecule has 1 N–H and O–H groups in total. The van der Waals surface area contributed by atoms with Gasteiger partial charge in [0.2, 0.25) is 4.91 Å². The van der Waals surface area contributed by atoms with Crippen LogP contribution in [0, 0.1) is 22.8 Å². The molecular formula is C16H19N5O2. The SMILES string of the molecule is N#CC[C@H]1CC[C@H](N=[N+]=N)C[C@H]1N(Cc1ccccc1)C(=O)[O-]. The topological polar surface area (TPSA) is 117 Å². The van der Waals surface area contributed by atoms with Crippen LogP contribution in [0.4, 0.5) is 4.79 Å². The number of hydrogen-bond acceptors (Lipinski definition) is 5. The third-order valence-electron chi connectivity index (χ3n) is 4.33. The second-order valence-electron chi connectivity index (χ2n) is 5.75. The number of carboxylic acid groups (broad SMARTS) is 1. The molecule has 2 rings (SSSR count). The van der Waals surface area contributed by atoms with E-state index in [4.69, 9.17) is 10.8 Å². The maximum atomic E-state index is 11.7. The van der Waals surface area contributed by atoms with E-state index >= 15 is 0 Å². The first-order chi connectivity index (χ1) is 11.2. The minimum absolute atomic E-state index is 0.0428. The van der Waals surface area contributed by atoms with Gasteiger partial charge >= 0.3 is 0 Å². The number of amides is 1. The van der Waals surface area contributed by atoms with Crippen LogP contribution in [0.2, 0.25) is 0 Å². The molecule has 1 aromatic rings. The Bertz CT molecular complexity index is 621. The van der Waals surface area contributed by atoms with Crippen molar-refractivity contribution in [1.82, 2.24) is 9.81 Å². The molecule has 0 heterocycles. The van der Waals surface area contributed by atoms with Gasteiger partial charge in [-0.15, -0.1) is 0 Å². The standard InChI is InChI=1S/C16H19N5O2/c17-9-8-13-6-7-14(19-20-18)10-15(13)21(16(22)23)11-12-4-2-1-3-5-12/h1-5,13-15,18H,6-8,10-11H2/t13-,14+,15-/m1/s1. The Balaban J connectivity index is 2.23. The van der Waals surface area contributed by atoms with Crippen LogP contribution in [-0.2, 0) is 6.54 Å². The van der Waals surface area contributed by atoms with Crippen molar-refractivity contribution in [2.75, 3.05) is 0 Å². The lowest BCUT2D eigenvalue weighted by Crippen LogP contribution is -2.52. The lowest BCUT2D eigenvalue weighted by Gasteiger charge is -2.41. The van der Waals surface area contributed by atoms with Gasteiger partial charge in [-0.05, 0) is 30.7 Å². The molecule has 1 aliphatic rings. The van der Waals surface area contributed by atoms with E-state index in [0.717, 1.165) is 12.0 Å². The number of benzene rings is 1. The summed E-state index contributed by atoms with van der Waals surface area (Å²) in [6.45, 7) is 0.223. The molecule has 120 valence electrons. The molecule has 3 atom stereocenters. The highest BCUT2D eigenvalue weighted by Crippen LogP contribution is 2.33. The van der Waals surface area contributed by atoms with Crippen LogP contribution >= 0.6 is 0 Å². The zero-order valence-electron chi connectivity index (χ0n) is 12.8. The molecule has 0 aromatic heterocycles. The van der Waals surface area contributed by atoms with Crippen molar-refractivity contribution < 1.29 is 9.90 Å². The van der Waals surface area contributed by atoms with E-state index in [1.54, 1.807) is 0 Å². The van der Waals surface area contributed by atoms with Crippen molar-refractivity contribution >= 4 is 6.09 Å². The molecule has 7 nitrogen and oxygen atoms in total. The van der Waals surface area contributed by atoms with Crippen LogP contribution < -0.4 is 10.0 Å². The Morgan fingerprint density at radius 2 is 2.17 bits per heavy atom. The average Bonchev–Trinajstić information content (AvgIpc) is 2.55. The maximum Gasteiger partial charge on any atom is 0.214 e. The van der Waals surface area contributed by atoms with Gasteiger partial charge < -0.3 is 14.8 Å². The van der Waals surface area contributed by atoms with Crippen molar-refractivity contribution in [2.45, 2.75) is 44.3 Å². The Kier molecular flexibility index (Phi) is 5.84. The summed E-state index contributed by atoms with van der Waals surface area (Å²) in [5.74, 6) is -0.0428. The molecule has 0 saturated heterocycles. The Hall–Kier alpha value is -2.71. The second-order valence-corrected chi connectivity index (χ2v) is 5.75. The fraction of sp³-hybridized carbons (Fsp3) is 0.500. The quantitative estimate of drug-likeness (QED) is 0.660. The summed E-state index contributed by atoms with van der Waals surface area (Å²) in [6, 6.07) is 10.9. The molecule has 7 heteroatoms. The summed E-state index contributed by atoms with van der Waals surface area (Å²) in [7, 11) is 0. The van der Waals surface area contributed by atoms with Crippen molar-refractivity contribution in [3.8, 4) is 6.07 Å². The predicted octanol–water partition coefficient (Wildman–Crippen LogP) is 1.83. The number of nitriles is 1. The van der Waals surface area contributed by atoms with Crippen LogP contribution in [-0.4, -0.2) is 23.1 Å². The predicted molar refractivity (Wildman–Crippen MR) is 79.8 cm³/mol. The van der Waals surface area contributed by atoms with Crippen LogP contribution in [0.3, 0.4) is 0 Å². The number of carbonyl (C=O) groups is 1. The molecule has 23 heavy (non-hydrogen) atoms. The summed E-state index contributed by atoms with van der Waals surface area (Å²) >= 11 is 0. The highest BCUT2D eigenvalue weighted by atomic mass is 16.4. The first-order valence-electron chi connectivity index (χ1n) is 7.60. The molecule has 1 saturated carbocycles. The number of hydrogen-bond donors (Lipinski definition) is 1. The van der Waals surface area contributed by atoms with Gasteiger partial charge in [0.05, 0.1) is 6.07 Å². The van der Waals surface area contributed by atoms with E-state index in [9.17, 15) is 9.90 Å². The Labute approximate surface area is 134 Å². The molecule has 1 amide bonds. The monoisotopic (exact) mass is 313 g/mol. The summed E-state index contributed by atoms with van der Waals surface area (Å²) in [5.41, 5.74) is 7.74. The summed E-state index contributed by atoms with van der Waals surface area (Å²) < 4.78 is 0. The molecule has 0 spiro atoms. The van der Waals surface area contributed by atoms with Gasteiger partial charge in [-0.3, -0.25) is 0 Å².